The first-order valence-electron chi connectivity index (χ1n) is 16.8. The normalized spacial score (nSPS) is 12.0. The third-order valence-corrected chi connectivity index (χ3v) is 12.4. The molecule has 0 spiro atoms. The number of benzene rings is 8. The third kappa shape index (κ3) is 4.07. The summed E-state index contributed by atoms with van der Waals surface area (Å²) in [5, 5.41) is 9.84. The molecule has 0 atom stereocenters. The van der Waals surface area contributed by atoms with Crippen LogP contribution >= 0.6 is 22.7 Å². The summed E-state index contributed by atoms with van der Waals surface area (Å²) in [5.74, 6) is 0. The van der Waals surface area contributed by atoms with Gasteiger partial charge in [-0.25, -0.2) is 0 Å². The lowest BCUT2D eigenvalue weighted by Gasteiger charge is -2.27. The van der Waals surface area contributed by atoms with Gasteiger partial charge in [-0.2, -0.15) is 0 Å². The second-order valence-electron chi connectivity index (χ2n) is 12.8. The maximum atomic E-state index is 6.65. The van der Waals surface area contributed by atoms with Crippen LogP contribution in [0.4, 0.5) is 17.1 Å². The van der Waals surface area contributed by atoms with Gasteiger partial charge in [0.1, 0.15) is 11.2 Å². The molecule has 2 nitrogen and oxygen atoms in total. The van der Waals surface area contributed by atoms with Crippen LogP contribution in [0.5, 0.6) is 0 Å². The fraction of sp³-hybridized carbons (Fsp3) is 0. The monoisotopic (exact) mass is 673 g/mol. The molecule has 0 amide bonds. The number of furan rings is 1. The zero-order valence-corrected chi connectivity index (χ0v) is 28.4. The molecule has 0 aliphatic rings. The highest BCUT2D eigenvalue weighted by Gasteiger charge is 2.24. The Morgan fingerprint density at radius 1 is 0.440 bits per heavy atom. The third-order valence-electron chi connectivity index (χ3n) is 10.0. The van der Waals surface area contributed by atoms with Crippen LogP contribution in [0.15, 0.2) is 168 Å². The molecule has 234 valence electrons. The van der Waals surface area contributed by atoms with E-state index < -0.39 is 0 Å². The lowest BCUT2D eigenvalue weighted by atomic mass is 9.96. The van der Waals surface area contributed by atoms with Gasteiger partial charge in [0.05, 0.1) is 5.69 Å². The Morgan fingerprint density at radius 2 is 1.10 bits per heavy atom. The number of fused-ring (bicyclic) bond motifs is 12. The van der Waals surface area contributed by atoms with E-state index in [2.05, 4.69) is 169 Å². The van der Waals surface area contributed by atoms with E-state index in [9.17, 15) is 0 Å². The average molecular weight is 674 g/mol. The van der Waals surface area contributed by atoms with Crippen molar-refractivity contribution in [3.8, 4) is 11.1 Å². The molecule has 0 aliphatic carbocycles. The van der Waals surface area contributed by atoms with Crippen molar-refractivity contribution < 1.29 is 4.42 Å². The summed E-state index contributed by atoms with van der Waals surface area (Å²) in [5.41, 5.74) is 7.73. The Hall–Kier alpha value is -5.94. The van der Waals surface area contributed by atoms with Crippen LogP contribution in [0.25, 0.3) is 84.2 Å². The summed E-state index contributed by atoms with van der Waals surface area (Å²) in [7, 11) is 0. The first kappa shape index (κ1) is 28.0. The summed E-state index contributed by atoms with van der Waals surface area (Å²) < 4.78 is 11.8. The number of nitrogens with zero attached hydrogens (tertiary/aromatic N) is 1. The molecule has 3 aromatic heterocycles. The zero-order valence-electron chi connectivity index (χ0n) is 26.8. The maximum absolute atomic E-state index is 6.65. The molecule has 4 heteroatoms. The molecular weight excluding hydrogens is 647 g/mol. The molecule has 11 rings (SSSR count). The predicted octanol–water partition coefficient (Wildman–Crippen LogP) is 14.6. The minimum Gasteiger partial charge on any atom is -0.455 e. The first-order chi connectivity index (χ1) is 24.8. The van der Waals surface area contributed by atoms with Crippen LogP contribution in [-0.4, -0.2) is 0 Å². The summed E-state index contributed by atoms with van der Waals surface area (Å²) in [6, 6.07) is 59.3. The van der Waals surface area contributed by atoms with Crippen LogP contribution in [0.2, 0.25) is 0 Å². The molecule has 0 fully saturated rings. The summed E-state index contributed by atoms with van der Waals surface area (Å²) >= 11 is 3.76. The Bertz CT molecular complexity index is 3060. The van der Waals surface area contributed by atoms with E-state index in [1.54, 1.807) is 0 Å². The first-order valence-corrected chi connectivity index (χ1v) is 18.5. The summed E-state index contributed by atoms with van der Waals surface area (Å²) in [6.45, 7) is 0. The van der Waals surface area contributed by atoms with Crippen molar-refractivity contribution in [2.24, 2.45) is 0 Å². The molecule has 0 saturated heterocycles. The fourth-order valence-corrected chi connectivity index (χ4v) is 10.3. The quantitative estimate of drug-likeness (QED) is 0.185. The number of hydrogen-bond donors (Lipinski definition) is 0. The van der Waals surface area contributed by atoms with Crippen molar-refractivity contribution in [2.75, 3.05) is 4.90 Å². The van der Waals surface area contributed by atoms with Gasteiger partial charge in [-0.05, 0) is 70.9 Å². The van der Waals surface area contributed by atoms with Crippen LogP contribution in [0.1, 0.15) is 0 Å². The van der Waals surface area contributed by atoms with Gasteiger partial charge in [0.25, 0.3) is 0 Å². The second-order valence-corrected chi connectivity index (χ2v) is 14.9. The molecule has 0 saturated carbocycles. The Morgan fingerprint density at radius 3 is 1.90 bits per heavy atom. The van der Waals surface area contributed by atoms with Crippen molar-refractivity contribution in [3.63, 3.8) is 0 Å². The van der Waals surface area contributed by atoms with Crippen molar-refractivity contribution in [3.05, 3.63) is 164 Å². The number of hydrogen-bond acceptors (Lipinski definition) is 4. The highest BCUT2D eigenvalue weighted by atomic mass is 32.1. The highest BCUT2D eigenvalue weighted by Crippen LogP contribution is 2.51. The van der Waals surface area contributed by atoms with Crippen LogP contribution in [0, 0.1) is 0 Å². The molecular formula is C46H27NOS2. The number of thiophene rings is 2. The largest absolute Gasteiger partial charge is 0.455 e. The minimum atomic E-state index is 0.920. The Kier molecular flexibility index (Phi) is 6.03. The van der Waals surface area contributed by atoms with E-state index in [-0.39, 0.29) is 0 Å². The molecule has 50 heavy (non-hydrogen) atoms. The van der Waals surface area contributed by atoms with Gasteiger partial charge in [-0.15, -0.1) is 22.7 Å². The van der Waals surface area contributed by atoms with Crippen LogP contribution in [0.3, 0.4) is 0 Å². The van der Waals surface area contributed by atoms with E-state index in [0.717, 1.165) is 33.3 Å². The van der Waals surface area contributed by atoms with E-state index in [1.165, 1.54) is 67.9 Å². The summed E-state index contributed by atoms with van der Waals surface area (Å²) in [4.78, 5) is 2.43. The van der Waals surface area contributed by atoms with Gasteiger partial charge in [-0.1, -0.05) is 109 Å². The number of anilines is 3. The molecule has 8 aromatic carbocycles. The van der Waals surface area contributed by atoms with Gasteiger partial charge in [0.15, 0.2) is 0 Å². The van der Waals surface area contributed by atoms with Gasteiger partial charge in [0, 0.05) is 68.1 Å². The van der Waals surface area contributed by atoms with Crippen molar-refractivity contribution in [1.29, 1.82) is 0 Å². The molecule has 11 aromatic rings. The van der Waals surface area contributed by atoms with E-state index in [1.807, 2.05) is 22.7 Å². The zero-order chi connectivity index (χ0) is 32.8. The minimum absolute atomic E-state index is 0.920. The Labute approximate surface area is 295 Å². The Balaban J connectivity index is 1.31. The van der Waals surface area contributed by atoms with Gasteiger partial charge < -0.3 is 9.32 Å². The molecule has 0 aliphatic heterocycles. The van der Waals surface area contributed by atoms with Crippen molar-refractivity contribution in [1.82, 2.24) is 0 Å². The predicted molar refractivity (Wildman–Crippen MR) is 217 cm³/mol. The molecule has 0 N–H and O–H groups in total. The SMILES string of the molecule is c1ccc(N(c2ccccc2)c2cc(-c3cc4c5ccccc5oc4c4c3sc3ccccc34)cc3sc4c5ccccc5ccc4c23)cc1. The second kappa shape index (κ2) is 10.8. The van der Waals surface area contributed by atoms with Crippen molar-refractivity contribution >= 4 is 113 Å². The molecule has 0 unspecified atom stereocenters. The van der Waals surface area contributed by atoms with Gasteiger partial charge in [-0.3, -0.25) is 0 Å². The number of para-hydroxylation sites is 3. The molecule has 3 heterocycles. The lowest BCUT2D eigenvalue weighted by Crippen LogP contribution is -2.10. The van der Waals surface area contributed by atoms with Gasteiger partial charge >= 0.3 is 0 Å². The molecule has 0 bridgehead atoms. The summed E-state index contributed by atoms with van der Waals surface area (Å²) in [6.07, 6.45) is 0. The standard InChI is InChI=1S/C46H27NOS2/c1-3-14-30(15-4-1)47(31-16-5-2-6-17-31)38-25-29(26-41-42(38)35-24-23-28-13-7-8-18-32(28)45(35)50-41)36-27-37-33-19-9-11-21-39(33)48-44(37)43-34-20-10-12-22-40(34)49-46(36)43/h1-27H. The van der Waals surface area contributed by atoms with Gasteiger partial charge in [0.2, 0.25) is 0 Å². The number of rotatable bonds is 4. The topological polar surface area (TPSA) is 16.4 Å². The smallest absolute Gasteiger partial charge is 0.144 e. The van der Waals surface area contributed by atoms with E-state index in [0.29, 0.717) is 0 Å². The fourth-order valence-electron chi connectivity index (χ4n) is 7.80. The average Bonchev–Trinajstić information content (AvgIpc) is 3.87. The van der Waals surface area contributed by atoms with E-state index >= 15 is 0 Å². The lowest BCUT2D eigenvalue weighted by molar-refractivity contribution is 0.673. The van der Waals surface area contributed by atoms with Crippen LogP contribution < -0.4 is 4.90 Å². The van der Waals surface area contributed by atoms with Crippen LogP contribution in [-0.2, 0) is 0 Å². The highest BCUT2D eigenvalue weighted by molar-refractivity contribution is 7.27. The van der Waals surface area contributed by atoms with Crippen molar-refractivity contribution in [2.45, 2.75) is 0 Å². The maximum Gasteiger partial charge on any atom is 0.144 e. The molecule has 0 radical (unpaired) electrons. The van der Waals surface area contributed by atoms with E-state index in [4.69, 9.17) is 4.42 Å².